The second-order valence-corrected chi connectivity index (χ2v) is 4.82. The van der Waals surface area contributed by atoms with Gasteiger partial charge in [0.15, 0.2) is 5.78 Å². The summed E-state index contributed by atoms with van der Waals surface area (Å²) in [5.41, 5.74) is 0.512. The summed E-state index contributed by atoms with van der Waals surface area (Å²) in [7, 11) is 1.89. The fourth-order valence-corrected chi connectivity index (χ4v) is 1.79. The molecule has 0 aliphatic carbocycles. The molecule has 0 bridgehead atoms. The lowest BCUT2D eigenvalue weighted by Gasteiger charge is -2.17. The molecule has 0 aliphatic rings. The average molecular weight is 250 g/mol. The molecule has 0 radical (unpaired) electrons. The van der Waals surface area contributed by atoms with Gasteiger partial charge in [-0.1, -0.05) is 13.8 Å². The van der Waals surface area contributed by atoms with Crippen LogP contribution in [-0.4, -0.2) is 35.7 Å². The Morgan fingerprint density at radius 1 is 1.33 bits per heavy atom. The third-order valence-corrected chi connectivity index (χ3v) is 2.49. The summed E-state index contributed by atoms with van der Waals surface area (Å²) >= 11 is 0. The van der Waals surface area contributed by atoms with Crippen molar-refractivity contribution in [2.75, 3.05) is 20.1 Å². The van der Waals surface area contributed by atoms with Gasteiger partial charge in [-0.05, 0) is 25.1 Å². The number of benzene rings is 1. The molecule has 98 valence electrons. The molecule has 0 amide bonds. The van der Waals surface area contributed by atoms with Crippen molar-refractivity contribution in [3.8, 4) is 0 Å². The van der Waals surface area contributed by atoms with Gasteiger partial charge < -0.3 is 0 Å². The number of nitro benzene ring substituents is 1. The van der Waals surface area contributed by atoms with Crippen molar-refractivity contribution >= 4 is 11.5 Å². The molecule has 18 heavy (non-hydrogen) atoms. The Kier molecular flexibility index (Phi) is 4.97. The molecule has 1 aromatic carbocycles. The quantitative estimate of drug-likeness (QED) is 0.441. The number of rotatable bonds is 6. The minimum atomic E-state index is -0.473. The summed E-state index contributed by atoms with van der Waals surface area (Å²) in [6.07, 6.45) is 0. The van der Waals surface area contributed by atoms with Gasteiger partial charge in [0, 0.05) is 24.2 Å². The predicted octanol–water partition coefficient (Wildman–Crippen LogP) is 2.37. The van der Waals surface area contributed by atoms with Crippen molar-refractivity contribution in [1.82, 2.24) is 4.90 Å². The normalized spacial score (nSPS) is 10.9. The highest BCUT2D eigenvalue weighted by atomic mass is 16.6. The predicted molar refractivity (Wildman–Crippen MR) is 69.8 cm³/mol. The van der Waals surface area contributed by atoms with Gasteiger partial charge in [-0.3, -0.25) is 19.8 Å². The first-order valence-electron chi connectivity index (χ1n) is 5.86. The number of carbonyl (C=O) groups is 1. The van der Waals surface area contributed by atoms with Crippen LogP contribution in [0.2, 0.25) is 0 Å². The molecule has 0 aromatic heterocycles. The topological polar surface area (TPSA) is 63.5 Å². The summed E-state index contributed by atoms with van der Waals surface area (Å²) in [4.78, 5) is 23.9. The van der Waals surface area contributed by atoms with Crippen LogP contribution in [0.15, 0.2) is 24.3 Å². The molecule has 0 spiro atoms. The van der Waals surface area contributed by atoms with Gasteiger partial charge in [0.1, 0.15) is 0 Å². The molecule has 0 fully saturated rings. The van der Waals surface area contributed by atoms with Gasteiger partial charge in [-0.2, -0.15) is 0 Å². The Morgan fingerprint density at radius 3 is 2.33 bits per heavy atom. The van der Waals surface area contributed by atoms with Gasteiger partial charge in [0.05, 0.1) is 11.5 Å². The van der Waals surface area contributed by atoms with Crippen LogP contribution in [0.25, 0.3) is 0 Å². The Morgan fingerprint density at radius 2 is 1.89 bits per heavy atom. The SMILES string of the molecule is CC(C)CN(C)CC(=O)c1ccc([N+](=O)[O-])cc1. The van der Waals surface area contributed by atoms with Crippen LogP contribution in [0.4, 0.5) is 5.69 Å². The van der Waals surface area contributed by atoms with Gasteiger partial charge in [0.2, 0.25) is 0 Å². The number of ketones is 1. The Bertz CT molecular complexity index is 426. The minimum absolute atomic E-state index is 0.00193. The first-order chi connectivity index (χ1) is 8.40. The first-order valence-corrected chi connectivity index (χ1v) is 5.86. The Hall–Kier alpha value is -1.75. The fourth-order valence-electron chi connectivity index (χ4n) is 1.79. The van der Waals surface area contributed by atoms with Crippen molar-refractivity contribution in [2.45, 2.75) is 13.8 Å². The minimum Gasteiger partial charge on any atom is -0.299 e. The third kappa shape index (κ3) is 4.25. The van der Waals surface area contributed by atoms with Crippen LogP contribution in [0, 0.1) is 16.0 Å². The lowest BCUT2D eigenvalue weighted by atomic mass is 10.1. The van der Waals surface area contributed by atoms with Gasteiger partial charge in [0.25, 0.3) is 5.69 Å². The molecule has 1 rings (SSSR count). The van der Waals surface area contributed by atoms with E-state index < -0.39 is 4.92 Å². The Labute approximate surface area is 107 Å². The molecule has 5 heteroatoms. The number of nitro groups is 1. The second kappa shape index (κ2) is 6.26. The molecule has 0 saturated heterocycles. The number of nitrogens with zero attached hydrogens (tertiary/aromatic N) is 2. The van der Waals surface area contributed by atoms with Crippen molar-refractivity contribution in [3.05, 3.63) is 39.9 Å². The van der Waals surface area contributed by atoms with E-state index in [0.717, 1.165) is 6.54 Å². The van der Waals surface area contributed by atoms with E-state index in [9.17, 15) is 14.9 Å². The van der Waals surface area contributed by atoms with E-state index in [4.69, 9.17) is 0 Å². The van der Waals surface area contributed by atoms with Crippen LogP contribution < -0.4 is 0 Å². The maximum atomic E-state index is 11.9. The molecule has 0 heterocycles. The van der Waals surface area contributed by atoms with Crippen molar-refractivity contribution in [2.24, 2.45) is 5.92 Å². The maximum Gasteiger partial charge on any atom is 0.269 e. The molecule has 0 aliphatic heterocycles. The summed E-state index contributed by atoms with van der Waals surface area (Å²) in [5, 5.41) is 10.5. The van der Waals surface area contributed by atoms with E-state index >= 15 is 0 Å². The molecule has 5 nitrogen and oxygen atoms in total. The van der Waals surface area contributed by atoms with E-state index in [0.29, 0.717) is 18.0 Å². The van der Waals surface area contributed by atoms with Crippen LogP contribution in [0.5, 0.6) is 0 Å². The fraction of sp³-hybridized carbons (Fsp3) is 0.462. The van der Waals surface area contributed by atoms with Crippen molar-refractivity contribution in [1.29, 1.82) is 0 Å². The van der Waals surface area contributed by atoms with Gasteiger partial charge in [-0.15, -0.1) is 0 Å². The summed E-state index contributed by atoms with van der Waals surface area (Å²) in [6, 6.07) is 5.72. The monoisotopic (exact) mass is 250 g/mol. The van der Waals surface area contributed by atoms with Crippen LogP contribution >= 0.6 is 0 Å². The van der Waals surface area contributed by atoms with E-state index in [1.807, 2.05) is 11.9 Å². The second-order valence-electron chi connectivity index (χ2n) is 4.82. The number of hydrogen-bond donors (Lipinski definition) is 0. The molecular weight excluding hydrogens is 232 g/mol. The Balaban J connectivity index is 2.64. The summed E-state index contributed by atoms with van der Waals surface area (Å²) < 4.78 is 0. The lowest BCUT2D eigenvalue weighted by molar-refractivity contribution is -0.384. The molecular formula is C13H18N2O3. The number of Topliss-reactive ketones (excluding diaryl/α,β-unsaturated/α-hetero) is 1. The van der Waals surface area contributed by atoms with E-state index in [1.165, 1.54) is 24.3 Å². The molecule has 0 saturated carbocycles. The third-order valence-electron chi connectivity index (χ3n) is 2.49. The van der Waals surface area contributed by atoms with Crippen molar-refractivity contribution < 1.29 is 9.72 Å². The van der Waals surface area contributed by atoms with Gasteiger partial charge in [-0.25, -0.2) is 0 Å². The highest BCUT2D eigenvalue weighted by Crippen LogP contribution is 2.12. The highest BCUT2D eigenvalue weighted by molar-refractivity contribution is 5.97. The average Bonchev–Trinajstić information content (AvgIpc) is 2.27. The van der Waals surface area contributed by atoms with E-state index in [-0.39, 0.29) is 11.5 Å². The van der Waals surface area contributed by atoms with Crippen LogP contribution in [0.3, 0.4) is 0 Å². The van der Waals surface area contributed by atoms with Crippen molar-refractivity contribution in [3.63, 3.8) is 0 Å². The zero-order valence-corrected chi connectivity index (χ0v) is 10.9. The lowest BCUT2D eigenvalue weighted by Crippen LogP contribution is -2.29. The van der Waals surface area contributed by atoms with Crippen LogP contribution in [-0.2, 0) is 0 Å². The first kappa shape index (κ1) is 14.3. The molecule has 0 unspecified atom stereocenters. The summed E-state index contributed by atoms with van der Waals surface area (Å²) in [6.45, 7) is 5.36. The molecule has 0 atom stereocenters. The number of hydrogen-bond acceptors (Lipinski definition) is 4. The maximum absolute atomic E-state index is 11.9. The largest absolute Gasteiger partial charge is 0.299 e. The number of carbonyl (C=O) groups excluding carboxylic acids is 1. The molecule has 1 aromatic rings. The number of non-ortho nitro benzene ring substituents is 1. The smallest absolute Gasteiger partial charge is 0.269 e. The van der Waals surface area contributed by atoms with Gasteiger partial charge >= 0.3 is 0 Å². The van der Waals surface area contributed by atoms with E-state index in [1.54, 1.807) is 0 Å². The standard InChI is InChI=1S/C13H18N2O3/c1-10(2)8-14(3)9-13(16)11-4-6-12(7-5-11)15(17)18/h4-7,10H,8-9H2,1-3H3. The zero-order valence-electron chi connectivity index (χ0n) is 10.9. The molecule has 0 N–H and O–H groups in total. The van der Waals surface area contributed by atoms with E-state index in [2.05, 4.69) is 13.8 Å². The number of likely N-dealkylation sites (N-methyl/N-ethyl adjacent to an activating group) is 1. The zero-order chi connectivity index (χ0) is 13.7. The highest BCUT2D eigenvalue weighted by Gasteiger charge is 2.12. The summed E-state index contributed by atoms with van der Waals surface area (Å²) in [5.74, 6) is 0.479. The van der Waals surface area contributed by atoms with Crippen LogP contribution in [0.1, 0.15) is 24.2 Å².